The van der Waals surface area contributed by atoms with Gasteiger partial charge in [-0.3, -0.25) is 10.1 Å². The van der Waals surface area contributed by atoms with Crippen molar-refractivity contribution in [1.82, 2.24) is 4.98 Å². The summed E-state index contributed by atoms with van der Waals surface area (Å²) >= 11 is 0. The summed E-state index contributed by atoms with van der Waals surface area (Å²) in [6.45, 7) is 8.17. The van der Waals surface area contributed by atoms with Crippen molar-refractivity contribution >= 4 is 16.6 Å². The fraction of sp³-hybridized carbons (Fsp3) is 0.385. The second-order valence-electron chi connectivity index (χ2n) is 5.39. The predicted molar refractivity (Wildman–Crippen MR) is 68.4 cm³/mol. The Bertz CT molecular complexity index is 591. The number of hydrogen-bond donors (Lipinski definition) is 1. The van der Waals surface area contributed by atoms with Crippen molar-refractivity contribution in [3.05, 3.63) is 39.6 Å². The molecular weight excluding hydrogens is 216 g/mol. The maximum atomic E-state index is 10.9. The van der Waals surface area contributed by atoms with Gasteiger partial charge in [0.05, 0.1) is 10.4 Å². The van der Waals surface area contributed by atoms with E-state index in [1.54, 1.807) is 13.0 Å². The van der Waals surface area contributed by atoms with Gasteiger partial charge in [0.25, 0.3) is 5.69 Å². The summed E-state index contributed by atoms with van der Waals surface area (Å²) in [4.78, 5) is 13.6. The zero-order valence-electron chi connectivity index (χ0n) is 10.5. The van der Waals surface area contributed by atoms with Gasteiger partial charge in [0.15, 0.2) is 0 Å². The second-order valence-corrected chi connectivity index (χ2v) is 5.39. The maximum absolute atomic E-state index is 10.9. The Morgan fingerprint density at radius 2 is 1.94 bits per heavy atom. The Morgan fingerprint density at radius 3 is 2.47 bits per heavy atom. The van der Waals surface area contributed by atoms with Crippen molar-refractivity contribution in [2.24, 2.45) is 0 Å². The van der Waals surface area contributed by atoms with Crippen LogP contribution in [0.2, 0.25) is 0 Å². The van der Waals surface area contributed by atoms with Crippen LogP contribution in [0.3, 0.4) is 0 Å². The van der Waals surface area contributed by atoms with Gasteiger partial charge in [-0.25, -0.2) is 0 Å². The number of aromatic amines is 1. The molecule has 0 aliphatic rings. The molecule has 17 heavy (non-hydrogen) atoms. The molecule has 2 rings (SSSR count). The molecule has 0 saturated carbocycles. The lowest BCUT2D eigenvalue weighted by molar-refractivity contribution is -0.385. The second kappa shape index (κ2) is 3.58. The number of aryl methyl sites for hydroxylation is 1. The Labute approximate surface area is 99.8 Å². The largest absolute Gasteiger partial charge is 0.361 e. The summed E-state index contributed by atoms with van der Waals surface area (Å²) in [5, 5.41) is 11.9. The molecule has 0 radical (unpaired) electrons. The van der Waals surface area contributed by atoms with Gasteiger partial charge >= 0.3 is 0 Å². The maximum Gasteiger partial charge on any atom is 0.274 e. The molecule has 2 aromatic rings. The molecule has 1 aromatic carbocycles. The number of nitrogens with zero attached hydrogens (tertiary/aromatic N) is 1. The van der Waals surface area contributed by atoms with Crippen molar-refractivity contribution in [3.8, 4) is 0 Å². The Morgan fingerprint density at radius 1 is 1.29 bits per heavy atom. The van der Waals surface area contributed by atoms with Crippen LogP contribution in [0.15, 0.2) is 18.3 Å². The molecule has 0 amide bonds. The summed E-state index contributed by atoms with van der Waals surface area (Å²) in [7, 11) is 0. The summed E-state index contributed by atoms with van der Waals surface area (Å²) in [5.41, 5.74) is 2.91. The third kappa shape index (κ3) is 1.90. The van der Waals surface area contributed by atoms with Crippen molar-refractivity contribution < 1.29 is 4.92 Å². The third-order valence-electron chi connectivity index (χ3n) is 3.00. The van der Waals surface area contributed by atoms with E-state index in [0.29, 0.717) is 5.56 Å². The summed E-state index contributed by atoms with van der Waals surface area (Å²) < 4.78 is 0. The van der Waals surface area contributed by atoms with E-state index in [1.165, 1.54) is 5.56 Å². The standard InChI is InChI=1S/C13H16N2O2/c1-8-5-9-10(13(2,3)4)7-14-11(9)6-12(8)15(16)17/h5-7,14H,1-4H3. The highest BCUT2D eigenvalue weighted by Gasteiger charge is 2.20. The number of hydrogen-bond acceptors (Lipinski definition) is 2. The van der Waals surface area contributed by atoms with Crippen LogP contribution in [-0.2, 0) is 5.41 Å². The fourth-order valence-corrected chi connectivity index (χ4v) is 2.08. The Balaban J connectivity index is 2.73. The van der Waals surface area contributed by atoms with Gasteiger partial charge in [0.2, 0.25) is 0 Å². The highest BCUT2D eigenvalue weighted by molar-refractivity contribution is 5.87. The van der Waals surface area contributed by atoms with E-state index in [4.69, 9.17) is 0 Å². The lowest BCUT2D eigenvalue weighted by Gasteiger charge is -2.17. The van der Waals surface area contributed by atoms with E-state index in [9.17, 15) is 10.1 Å². The van der Waals surface area contributed by atoms with Crippen LogP contribution < -0.4 is 0 Å². The minimum absolute atomic E-state index is 0.0286. The topological polar surface area (TPSA) is 58.9 Å². The zero-order chi connectivity index (χ0) is 12.8. The van der Waals surface area contributed by atoms with Gasteiger partial charge in [-0.05, 0) is 24.0 Å². The lowest BCUT2D eigenvalue weighted by Crippen LogP contribution is -2.09. The van der Waals surface area contributed by atoms with Gasteiger partial charge in [-0.2, -0.15) is 0 Å². The highest BCUT2D eigenvalue weighted by Crippen LogP contribution is 2.33. The molecule has 4 nitrogen and oxygen atoms in total. The van der Waals surface area contributed by atoms with Crippen LogP contribution in [0.5, 0.6) is 0 Å². The monoisotopic (exact) mass is 232 g/mol. The number of nitrogens with one attached hydrogen (secondary N) is 1. The molecule has 4 heteroatoms. The summed E-state index contributed by atoms with van der Waals surface area (Å²) in [6.07, 6.45) is 1.94. The molecule has 0 bridgehead atoms. The summed E-state index contributed by atoms with van der Waals surface area (Å²) in [5.74, 6) is 0. The predicted octanol–water partition coefficient (Wildman–Crippen LogP) is 3.68. The average Bonchev–Trinajstić information content (AvgIpc) is 2.57. The lowest BCUT2D eigenvalue weighted by atomic mass is 9.86. The van der Waals surface area contributed by atoms with E-state index < -0.39 is 0 Å². The Hall–Kier alpha value is -1.84. The van der Waals surface area contributed by atoms with Crippen molar-refractivity contribution in [1.29, 1.82) is 0 Å². The first kappa shape index (κ1) is 11.6. The highest BCUT2D eigenvalue weighted by atomic mass is 16.6. The van der Waals surface area contributed by atoms with Gasteiger partial charge in [0, 0.05) is 23.2 Å². The van der Waals surface area contributed by atoms with Crippen molar-refractivity contribution in [2.45, 2.75) is 33.1 Å². The molecule has 0 saturated heterocycles. The number of aromatic nitrogens is 1. The molecule has 1 heterocycles. The van der Waals surface area contributed by atoms with E-state index in [0.717, 1.165) is 10.9 Å². The molecule has 90 valence electrons. The molecule has 1 aromatic heterocycles. The van der Waals surface area contributed by atoms with E-state index in [1.807, 2.05) is 12.3 Å². The molecule has 0 aliphatic heterocycles. The van der Waals surface area contributed by atoms with Crippen LogP contribution in [-0.4, -0.2) is 9.91 Å². The first-order chi connectivity index (χ1) is 7.80. The van der Waals surface area contributed by atoms with Crippen LogP contribution in [0.25, 0.3) is 10.9 Å². The number of rotatable bonds is 1. The Kier molecular flexibility index (Phi) is 2.45. The molecule has 0 unspecified atom stereocenters. The van der Waals surface area contributed by atoms with Crippen LogP contribution >= 0.6 is 0 Å². The molecular formula is C13H16N2O2. The smallest absolute Gasteiger partial charge is 0.274 e. The number of fused-ring (bicyclic) bond motifs is 1. The molecule has 0 aliphatic carbocycles. The average molecular weight is 232 g/mol. The zero-order valence-corrected chi connectivity index (χ0v) is 10.5. The van der Waals surface area contributed by atoms with E-state index in [2.05, 4.69) is 25.8 Å². The minimum Gasteiger partial charge on any atom is -0.361 e. The first-order valence-electron chi connectivity index (χ1n) is 5.57. The van der Waals surface area contributed by atoms with Gasteiger partial charge in [0.1, 0.15) is 0 Å². The van der Waals surface area contributed by atoms with Gasteiger partial charge in [-0.1, -0.05) is 20.8 Å². The fourth-order valence-electron chi connectivity index (χ4n) is 2.08. The van der Waals surface area contributed by atoms with Crippen molar-refractivity contribution in [2.75, 3.05) is 0 Å². The van der Waals surface area contributed by atoms with Crippen LogP contribution in [0, 0.1) is 17.0 Å². The van der Waals surface area contributed by atoms with E-state index in [-0.39, 0.29) is 16.0 Å². The van der Waals surface area contributed by atoms with Crippen LogP contribution in [0.1, 0.15) is 31.9 Å². The molecule has 1 N–H and O–H groups in total. The third-order valence-corrected chi connectivity index (χ3v) is 3.00. The SMILES string of the molecule is Cc1cc2c(C(C)(C)C)c[nH]c2cc1[N+](=O)[O-]. The normalized spacial score (nSPS) is 12.0. The number of H-pyrrole nitrogens is 1. The minimum atomic E-state index is -0.341. The van der Waals surface area contributed by atoms with Crippen molar-refractivity contribution in [3.63, 3.8) is 0 Å². The molecule has 0 fully saturated rings. The van der Waals surface area contributed by atoms with Crippen LogP contribution in [0.4, 0.5) is 5.69 Å². The van der Waals surface area contributed by atoms with Gasteiger partial charge in [-0.15, -0.1) is 0 Å². The molecule has 0 atom stereocenters. The first-order valence-corrected chi connectivity index (χ1v) is 5.57. The summed E-state index contributed by atoms with van der Waals surface area (Å²) in [6, 6.07) is 3.50. The quantitative estimate of drug-likeness (QED) is 0.602. The molecule has 0 spiro atoms. The number of nitro groups is 1. The number of benzene rings is 1. The van der Waals surface area contributed by atoms with Gasteiger partial charge < -0.3 is 4.98 Å². The van der Waals surface area contributed by atoms with E-state index >= 15 is 0 Å². The number of nitro benzene ring substituents is 1.